The molecule has 0 saturated heterocycles. The minimum absolute atomic E-state index is 0.0619. The van der Waals surface area contributed by atoms with E-state index in [0.717, 1.165) is 19.3 Å². The summed E-state index contributed by atoms with van der Waals surface area (Å²) < 4.78 is 7.15. The molecule has 2 rings (SSSR count). The van der Waals surface area contributed by atoms with Crippen molar-refractivity contribution in [2.75, 3.05) is 7.11 Å². The second-order valence-corrected chi connectivity index (χ2v) is 6.75. The molecule has 0 N–H and O–H groups in total. The highest BCUT2D eigenvalue weighted by atomic mass is 16.5. The molecule has 0 radical (unpaired) electrons. The number of aromatic nitrogens is 2. The van der Waals surface area contributed by atoms with Gasteiger partial charge in [0.05, 0.1) is 13.3 Å². The van der Waals surface area contributed by atoms with Crippen LogP contribution in [-0.4, -0.2) is 22.7 Å². The average Bonchev–Trinajstić information content (AvgIpc) is 2.81. The Bertz CT molecular complexity index is 489. The maximum Gasteiger partial charge on any atom is 0.188 e. The molecular formula is C16H26N2O2. The van der Waals surface area contributed by atoms with Crippen molar-refractivity contribution in [2.24, 2.45) is 11.3 Å². The molecule has 0 aliphatic heterocycles. The van der Waals surface area contributed by atoms with Crippen LogP contribution in [-0.2, 0) is 0 Å². The lowest BCUT2D eigenvalue weighted by molar-refractivity contribution is 0.0680. The SMILES string of the molecule is COc1cnn(C(C)C)c1C(=O)C1CCCCC1(C)C. The Kier molecular flexibility index (Phi) is 4.21. The van der Waals surface area contributed by atoms with Crippen LogP contribution in [0, 0.1) is 11.3 Å². The standard InChI is InChI=1S/C16H26N2O2/c1-11(2)18-14(13(20-5)10-17-18)15(19)12-8-6-7-9-16(12,3)4/h10-12H,6-9H2,1-5H3. The molecule has 1 unspecified atom stereocenters. The van der Waals surface area contributed by atoms with Crippen molar-refractivity contribution in [3.63, 3.8) is 0 Å². The number of nitrogens with zero attached hydrogens (tertiary/aromatic N) is 2. The van der Waals surface area contributed by atoms with Crippen molar-refractivity contribution < 1.29 is 9.53 Å². The van der Waals surface area contributed by atoms with E-state index in [1.807, 2.05) is 13.8 Å². The number of hydrogen-bond donors (Lipinski definition) is 0. The number of ketones is 1. The first-order valence-corrected chi connectivity index (χ1v) is 7.54. The molecule has 1 fully saturated rings. The van der Waals surface area contributed by atoms with E-state index in [1.54, 1.807) is 18.0 Å². The van der Waals surface area contributed by atoms with Gasteiger partial charge in [-0.1, -0.05) is 26.7 Å². The molecule has 0 spiro atoms. The quantitative estimate of drug-likeness (QED) is 0.785. The molecule has 4 heteroatoms. The summed E-state index contributed by atoms with van der Waals surface area (Å²) in [6.07, 6.45) is 6.10. The molecule has 1 heterocycles. The van der Waals surface area contributed by atoms with E-state index in [1.165, 1.54) is 6.42 Å². The molecular weight excluding hydrogens is 252 g/mol. The van der Waals surface area contributed by atoms with Crippen LogP contribution >= 0.6 is 0 Å². The molecule has 4 nitrogen and oxygen atoms in total. The molecule has 1 atom stereocenters. The largest absolute Gasteiger partial charge is 0.493 e. The van der Waals surface area contributed by atoms with Crippen molar-refractivity contribution in [1.29, 1.82) is 0 Å². The van der Waals surface area contributed by atoms with Crippen LogP contribution in [0.25, 0.3) is 0 Å². The zero-order chi connectivity index (χ0) is 14.9. The second kappa shape index (κ2) is 5.58. The van der Waals surface area contributed by atoms with Gasteiger partial charge in [-0.25, -0.2) is 0 Å². The topological polar surface area (TPSA) is 44.1 Å². The minimum Gasteiger partial charge on any atom is -0.493 e. The maximum absolute atomic E-state index is 13.0. The Morgan fingerprint density at radius 1 is 1.45 bits per heavy atom. The Balaban J connectivity index is 2.39. The summed E-state index contributed by atoms with van der Waals surface area (Å²) in [6, 6.07) is 0.157. The van der Waals surface area contributed by atoms with Gasteiger partial charge < -0.3 is 4.74 Å². The number of rotatable bonds is 4. The lowest BCUT2D eigenvalue weighted by Crippen LogP contribution is -2.35. The number of hydrogen-bond acceptors (Lipinski definition) is 3. The summed E-state index contributed by atoms with van der Waals surface area (Å²) in [6.45, 7) is 8.49. The van der Waals surface area contributed by atoms with Gasteiger partial charge in [0.2, 0.25) is 0 Å². The van der Waals surface area contributed by atoms with Crippen molar-refractivity contribution in [3.8, 4) is 5.75 Å². The molecule has 0 amide bonds. The van der Waals surface area contributed by atoms with Gasteiger partial charge in [0.25, 0.3) is 0 Å². The molecule has 112 valence electrons. The maximum atomic E-state index is 13.0. The van der Waals surface area contributed by atoms with Gasteiger partial charge in [0.15, 0.2) is 11.5 Å². The summed E-state index contributed by atoms with van der Waals surface area (Å²) in [5.74, 6) is 0.863. The number of carbonyl (C=O) groups is 1. The van der Waals surface area contributed by atoms with Crippen LogP contribution in [0.1, 0.15) is 69.9 Å². The number of Topliss-reactive ketones (excluding diaryl/α,β-unsaturated/α-hetero) is 1. The summed E-state index contributed by atoms with van der Waals surface area (Å²) in [5, 5.41) is 4.32. The molecule has 1 aliphatic rings. The number of carbonyl (C=O) groups excluding carboxylic acids is 1. The third-order valence-corrected chi connectivity index (χ3v) is 4.53. The van der Waals surface area contributed by atoms with E-state index in [4.69, 9.17) is 4.74 Å². The summed E-state index contributed by atoms with van der Waals surface area (Å²) in [4.78, 5) is 13.0. The average molecular weight is 278 g/mol. The first kappa shape index (κ1) is 15.1. The van der Waals surface area contributed by atoms with E-state index in [-0.39, 0.29) is 23.2 Å². The fourth-order valence-electron chi connectivity index (χ4n) is 3.27. The predicted molar refractivity (Wildman–Crippen MR) is 79.2 cm³/mol. The summed E-state index contributed by atoms with van der Waals surface area (Å²) >= 11 is 0. The molecule has 0 aromatic carbocycles. The lowest BCUT2D eigenvalue weighted by atomic mass is 9.66. The Labute approximate surface area is 121 Å². The van der Waals surface area contributed by atoms with E-state index >= 15 is 0 Å². The lowest BCUT2D eigenvalue weighted by Gasteiger charge is -2.37. The zero-order valence-electron chi connectivity index (χ0n) is 13.3. The fourth-order valence-corrected chi connectivity index (χ4v) is 3.27. The Morgan fingerprint density at radius 3 is 2.70 bits per heavy atom. The van der Waals surface area contributed by atoms with Crippen LogP contribution in [0.2, 0.25) is 0 Å². The van der Waals surface area contributed by atoms with Gasteiger partial charge in [0.1, 0.15) is 5.69 Å². The van der Waals surface area contributed by atoms with Gasteiger partial charge >= 0.3 is 0 Å². The van der Waals surface area contributed by atoms with Gasteiger partial charge in [-0.05, 0) is 32.1 Å². The third kappa shape index (κ3) is 2.60. The van der Waals surface area contributed by atoms with Crippen LogP contribution in [0.15, 0.2) is 6.20 Å². The highest BCUT2D eigenvalue weighted by Crippen LogP contribution is 2.43. The molecule has 20 heavy (non-hydrogen) atoms. The van der Waals surface area contributed by atoms with Crippen LogP contribution < -0.4 is 4.74 Å². The highest BCUT2D eigenvalue weighted by molar-refractivity contribution is 5.99. The van der Waals surface area contributed by atoms with E-state index in [9.17, 15) is 4.79 Å². The minimum atomic E-state index is 0.0619. The fraction of sp³-hybridized carbons (Fsp3) is 0.750. The smallest absolute Gasteiger partial charge is 0.188 e. The Morgan fingerprint density at radius 2 is 2.15 bits per heavy atom. The second-order valence-electron chi connectivity index (χ2n) is 6.75. The van der Waals surface area contributed by atoms with Gasteiger partial charge in [-0.15, -0.1) is 0 Å². The predicted octanol–water partition coefficient (Wildman–Crippen LogP) is 3.87. The van der Waals surface area contributed by atoms with Crippen molar-refractivity contribution in [2.45, 2.75) is 59.4 Å². The Hall–Kier alpha value is -1.32. The van der Waals surface area contributed by atoms with E-state index in [2.05, 4.69) is 18.9 Å². The monoisotopic (exact) mass is 278 g/mol. The van der Waals surface area contributed by atoms with E-state index < -0.39 is 0 Å². The first-order chi connectivity index (χ1) is 9.38. The van der Waals surface area contributed by atoms with E-state index in [0.29, 0.717) is 11.4 Å². The van der Waals surface area contributed by atoms with Gasteiger partial charge in [-0.3, -0.25) is 9.48 Å². The highest BCUT2D eigenvalue weighted by Gasteiger charge is 2.39. The van der Waals surface area contributed by atoms with Crippen LogP contribution in [0.3, 0.4) is 0 Å². The van der Waals surface area contributed by atoms with Crippen molar-refractivity contribution in [3.05, 3.63) is 11.9 Å². The molecule has 1 saturated carbocycles. The summed E-state index contributed by atoms with van der Waals surface area (Å²) in [7, 11) is 1.60. The molecule has 1 aliphatic carbocycles. The molecule has 0 bridgehead atoms. The number of ether oxygens (including phenoxy) is 1. The van der Waals surface area contributed by atoms with Gasteiger partial charge in [0, 0.05) is 12.0 Å². The normalized spacial score (nSPS) is 22.0. The summed E-state index contributed by atoms with van der Waals surface area (Å²) in [5.41, 5.74) is 0.703. The van der Waals surface area contributed by atoms with Crippen LogP contribution in [0.4, 0.5) is 0 Å². The molecule has 1 aromatic heterocycles. The zero-order valence-corrected chi connectivity index (χ0v) is 13.3. The van der Waals surface area contributed by atoms with Crippen molar-refractivity contribution >= 4 is 5.78 Å². The first-order valence-electron chi connectivity index (χ1n) is 7.54. The number of methoxy groups -OCH3 is 1. The van der Waals surface area contributed by atoms with Gasteiger partial charge in [-0.2, -0.15) is 5.10 Å². The van der Waals surface area contributed by atoms with Crippen LogP contribution in [0.5, 0.6) is 5.75 Å². The third-order valence-electron chi connectivity index (χ3n) is 4.53. The van der Waals surface area contributed by atoms with Crippen molar-refractivity contribution in [1.82, 2.24) is 9.78 Å². The molecule has 1 aromatic rings.